The lowest BCUT2D eigenvalue weighted by Gasteiger charge is -2.30. The quantitative estimate of drug-likeness (QED) is 0.526. The van der Waals surface area contributed by atoms with Crippen LogP contribution in [-0.2, 0) is 6.54 Å². The first-order valence-electron chi connectivity index (χ1n) is 9.60. The largest absolute Gasteiger partial charge is 0.472 e. The van der Waals surface area contributed by atoms with Crippen LogP contribution in [0.2, 0.25) is 0 Å². The van der Waals surface area contributed by atoms with Crippen molar-refractivity contribution >= 4 is 5.65 Å². The van der Waals surface area contributed by atoms with Gasteiger partial charge in [0.2, 0.25) is 0 Å². The van der Waals surface area contributed by atoms with E-state index in [4.69, 9.17) is 14.5 Å². The Morgan fingerprint density at radius 1 is 1.07 bits per heavy atom. The van der Waals surface area contributed by atoms with Crippen molar-refractivity contribution in [1.82, 2.24) is 19.5 Å². The molecule has 0 aliphatic carbocycles. The van der Waals surface area contributed by atoms with Gasteiger partial charge in [0, 0.05) is 29.8 Å². The van der Waals surface area contributed by atoms with E-state index in [0.29, 0.717) is 5.92 Å². The Bertz CT molecular complexity index is 1080. The lowest BCUT2D eigenvalue weighted by atomic mass is 9.96. The number of piperidine rings is 1. The predicted molar refractivity (Wildman–Crippen MR) is 104 cm³/mol. The summed E-state index contributed by atoms with van der Waals surface area (Å²) in [5.41, 5.74) is 3.81. The zero-order chi connectivity index (χ0) is 18.9. The molecule has 0 unspecified atom stereocenters. The Labute approximate surface area is 162 Å². The van der Waals surface area contributed by atoms with Gasteiger partial charge in [0.05, 0.1) is 12.5 Å². The minimum atomic E-state index is -0.237. The van der Waals surface area contributed by atoms with Crippen molar-refractivity contribution in [2.75, 3.05) is 13.1 Å². The fourth-order valence-corrected chi connectivity index (χ4v) is 3.90. The van der Waals surface area contributed by atoms with Crippen molar-refractivity contribution in [3.63, 3.8) is 0 Å². The Morgan fingerprint density at radius 3 is 2.75 bits per heavy atom. The molecule has 5 rings (SSSR count). The molecule has 142 valence electrons. The highest BCUT2D eigenvalue weighted by molar-refractivity contribution is 5.64. The monoisotopic (exact) mass is 376 g/mol. The molecule has 3 aromatic heterocycles. The van der Waals surface area contributed by atoms with E-state index in [0.717, 1.165) is 55.1 Å². The average Bonchev–Trinajstić information content (AvgIpc) is 3.37. The van der Waals surface area contributed by atoms with Crippen LogP contribution >= 0.6 is 0 Å². The van der Waals surface area contributed by atoms with Crippen molar-refractivity contribution < 1.29 is 8.81 Å². The highest BCUT2D eigenvalue weighted by Gasteiger charge is 2.24. The molecule has 1 aromatic carbocycles. The first-order chi connectivity index (χ1) is 13.7. The molecule has 0 N–H and O–H groups in total. The molecule has 1 saturated heterocycles. The van der Waals surface area contributed by atoms with E-state index < -0.39 is 0 Å². The summed E-state index contributed by atoms with van der Waals surface area (Å²) in [5, 5.41) is 4.72. The zero-order valence-corrected chi connectivity index (χ0v) is 15.5. The maximum atomic E-state index is 13.5. The number of benzene rings is 1. The number of halogens is 1. The molecule has 1 fully saturated rings. The molecule has 4 heterocycles. The molecule has 0 radical (unpaired) electrons. The fraction of sp³-hybridized carbons (Fsp3) is 0.273. The molecule has 28 heavy (non-hydrogen) atoms. The predicted octanol–water partition coefficient (Wildman–Crippen LogP) is 4.51. The second kappa shape index (κ2) is 7.20. The Morgan fingerprint density at radius 2 is 1.96 bits per heavy atom. The van der Waals surface area contributed by atoms with Gasteiger partial charge in [-0.25, -0.2) is 13.9 Å². The van der Waals surface area contributed by atoms with Gasteiger partial charge >= 0.3 is 0 Å². The van der Waals surface area contributed by atoms with Gasteiger partial charge < -0.3 is 4.42 Å². The van der Waals surface area contributed by atoms with Gasteiger partial charge in [0.15, 0.2) is 11.5 Å². The van der Waals surface area contributed by atoms with Gasteiger partial charge in [-0.3, -0.25) is 4.90 Å². The lowest BCUT2D eigenvalue weighted by Crippen LogP contribution is -2.32. The molecular formula is C22H21FN4O. The number of rotatable bonds is 4. The van der Waals surface area contributed by atoms with E-state index >= 15 is 0 Å². The summed E-state index contributed by atoms with van der Waals surface area (Å²) in [6, 6.07) is 12.5. The van der Waals surface area contributed by atoms with Gasteiger partial charge in [-0.2, -0.15) is 5.10 Å². The van der Waals surface area contributed by atoms with E-state index in [-0.39, 0.29) is 5.82 Å². The van der Waals surface area contributed by atoms with Crippen molar-refractivity contribution in [2.45, 2.75) is 25.3 Å². The number of hydrogen-bond donors (Lipinski definition) is 0. The van der Waals surface area contributed by atoms with Crippen molar-refractivity contribution in [3.05, 3.63) is 78.4 Å². The summed E-state index contributed by atoms with van der Waals surface area (Å²) in [6.45, 7) is 2.98. The first-order valence-corrected chi connectivity index (χ1v) is 9.60. The summed E-state index contributed by atoms with van der Waals surface area (Å²) in [4.78, 5) is 7.18. The average molecular weight is 376 g/mol. The van der Waals surface area contributed by atoms with E-state index in [1.165, 1.54) is 17.7 Å². The normalized spacial score (nSPS) is 16.0. The molecule has 1 aliphatic rings. The molecule has 0 saturated carbocycles. The highest BCUT2D eigenvalue weighted by Crippen LogP contribution is 2.28. The van der Waals surface area contributed by atoms with Crippen LogP contribution in [0.4, 0.5) is 4.39 Å². The van der Waals surface area contributed by atoms with Crippen molar-refractivity contribution in [1.29, 1.82) is 0 Å². The minimum Gasteiger partial charge on any atom is -0.472 e. The summed E-state index contributed by atoms with van der Waals surface area (Å²) in [5.74, 6) is 1.04. The van der Waals surface area contributed by atoms with Gasteiger partial charge in [0.1, 0.15) is 5.82 Å². The number of pyridine rings is 1. The zero-order valence-electron chi connectivity index (χ0n) is 15.5. The van der Waals surface area contributed by atoms with Crippen LogP contribution in [0.3, 0.4) is 0 Å². The van der Waals surface area contributed by atoms with Crippen LogP contribution in [-0.4, -0.2) is 32.6 Å². The number of furan rings is 1. The van der Waals surface area contributed by atoms with Gasteiger partial charge in [-0.1, -0.05) is 12.1 Å². The Hall–Kier alpha value is -2.99. The Kier molecular flexibility index (Phi) is 4.41. The van der Waals surface area contributed by atoms with Crippen molar-refractivity contribution in [2.24, 2.45) is 0 Å². The molecule has 0 atom stereocenters. The maximum absolute atomic E-state index is 13.5. The van der Waals surface area contributed by atoms with Crippen LogP contribution in [0.5, 0.6) is 0 Å². The highest BCUT2D eigenvalue weighted by atomic mass is 19.1. The number of nitrogens with zero attached hydrogens (tertiary/aromatic N) is 4. The molecule has 6 heteroatoms. The maximum Gasteiger partial charge on any atom is 0.155 e. The van der Waals surface area contributed by atoms with Gasteiger partial charge in [-0.15, -0.1) is 0 Å². The second-order valence-corrected chi connectivity index (χ2v) is 7.38. The number of hydrogen-bond acceptors (Lipinski definition) is 4. The summed E-state index contributed by atoms with van der Waals surface area (Å²) in [6.07, 6.45) is 7.55. The van der Waals surface area contributed by atoms with Crippen LogP contribution in [0, 0.1) is 5.82 Å². The SMILES string of the molecule is Fc1cccc(-c2ccc3nc(C4CCN(Cc5ccoc5)CC4)nn3c2)c1. The molecule has 0 amide bonds. The molecule has 4 aromatic rings. The number of likely N-dealkylation sites (tertiary alicyclic amines) is 1. The van der Waals surface area contributed by atoms with Crippen LogP contribution in [0.1, 0.15) is 30.1 Å². The summed E-state index contributed by atoms with van der Waals surface area (Å²) >= 11 is 0. The topological polar surface area (TPSA) is 46.6 Å². The second-order valence-electron chi connectivity index (χ2n) is 7.38. The van der Waals surface area contributed by atoms with E-state index in [2.05, 4.69) is 4.90 Å². The smallest absolute Gasteiger partial charge is 0.155 e. The van der Waals surface area contributed by atoms with Crippen molar-refractivity contribution in [3.8, 4) is 11.1 Å². The van der Waals surface area contributed by atoms with E-state index in [1.807, 2.05) is 41.2 Å². The molecular weight excluding hydrogens is 355 g/mol. The lowest BCUT2D eigenvalue weighted by molar-refractivity contribution is 0.201. The number of aromatic nitrogens is 3. The summed E-state index contributed by atoms with van der Waals surface area (Å²) in [7, 11) is 0. The third-order valence-electron chi connectivity index (χ3n) is 5.44. The third kappa shape index (κ3) is 3.43. The van der Waals surface area contributed by atoms with E-state index in [9.17, 15) is 4.39 Å². The van der Waals surface area contributed by atoms with Gasteiger partial charge in [0.25, 0.3) is 0 Å². The third-order valence-corrected chi connectivity index (χ3v) is 5.44. The molecule has 1 aliphatic heterocycles. The van der Waals surface area contributed by atoms with E-state index in [1.54, 1.807) is 12.3 Å². The van der Waals surface area contributed by atoms with Crippen LogP contribution < -0.4 is 0 Å². The summed E-state index contributed by atoms with van der Waals surface area (Å²) < 4.78 is 20.5. The number of fused-ring (bicyclic) bond motifs is 1. The minimum absolute atomic E-state index is 0.237. The molecule has 5 nitrogen and oxygen atoms in total. The standard InChI is InChI=1S/C22H21FN4O/c23-20-3-1-2-18(12-20)19-4-5-21-24-22(25-27(21)14-19)17-6-9-26(10-7-17)13-16-8-11-28-15-16/h1-5,8,11-12,14-15,17H,6-7,9-10,13H2. The molecule has 0 spiro atoms. The fourth-order valence-electron chi connectivity index (χ4n) is 3.90. The Balaban J connectivity index is 1.31. The van der Waals surface area contributed by atoms with Crippen LogP contribution in [0.25, 0.3) is 16.8 Å². The first kappa shape index (κ1) is 17.1. The molecule has 0 bridgehead atoms. The van der Waals surface area contributed by atoms with Gasteiger partial charge in [-0.05, 0) is 61.8 Å². The van der Waals surface area contributed by atoms with Crippen LogP contribution in [0.15, 0.2) is 65.6 Å².